The SMILES string of the molecule is Cc1nn(C)c(C)c1-c1cc(C(=O)N[C@H]2C=CS(=O)(=O)C2)n(C)n1. The summed E-state index contributed by atoms with van der Waals surface area (Å²) in [7, 11) is 0.329. The third kappa shape index (κ3) is 2.86. The number of nitrogens with zero attached hydrogens (tertiary/aromatic N) is 4. The molecule has 2 aromatic rings. The topological polar surface area (TPSA) is 98.9 Å². The highest BCUT2D eigenvalue weighted by Gasteiger charge is 2.25. The van der Waals surface area contributed by atoms with E-state index < -0.39 is 15.9 Å². The lowest BCUT2D eigenvalue weighted by molar-refractivity contribution is 0.0938. The Morgan fingerprint density at radius 3 is 2.50 bits per heavy atom. The summed E-state index contributed by atoms with van der Waals surface area (Å²) in [6.07, 6.45) is 1.49. The van der Waals surface area contributed by atoms with E-state index in [-0.39, 0.29) is 11.7 Å². The number of hydrogen-bond donors (Lipinski definition) is 1. The number of carbonyl (C=O) groups is 1. The molecule has 1 atom stereocenters. The molecule has 1 N–H and O–H groups in total. The van der Waals surface area contributed by atoms with Gasteiger partial charge in [0.1, 0.15) is 5.69 Å². The molecule has 2 aromatic heterocycles. The Morgan fingerprint density at radius 1 is 1.25 bits per heavy atom. The first-order valence-corrected chi connectivity index (χ1v) is 9.16. The molecule has 0 bridgehead atoms. The van der Waals surface area contributed by atoms with Crippen LogP contribution in [0.15, 0.2) is 17.6 Å². The lowest BCUT2D eigenvalue weighted by Crippen LogP contribution is -2.36. The highest BCUT2D eigenvalue weighted by Crippen LogP contribution is 2.26. The largest absolute Gasteiger partial charge is 0.343 e. The molecule has 1 amide bonds. The Kier molecular flexibility index (Phi) is 3.83. The maximum Gasteiger partial charge on any atom is 0.270 e. The van der Waals surface area contributed by atoms with Crippen molar-refractivity contribution in [1.29, 1.82) is 0 Å². The van der Waals surface area contributed by atoms with Crippen LogP contribution in [0.4, 0.5) is 0 Å². The number of nitrogens with one attached hydrogen (secondary N) is 1. The minimum atomic E-state index is -3.21. The van der Waals surface area contributed by atoms with E-state index in [0.717, 1.165) is 22.4 Å². The molecule has 24 heavy (non-hydrogen) atoms. The van der Waals surface area contributed by atoms with Gasteiger partial charge in [0.15, 0.2) is 9.84 Å². The zero-order chi connectivity index (χ0) is 17.6. The van der Waals surface area contributed by atoms with Crippen LogP contribution in [-0.4, -0.2) is 45.7 Å². The van der Waals surface area contributed by atoms with E-state index >= 15 is 0 Å². The molecule has 8 nitrogen and oxygen atoms in total. The van der Waals surface area contributed by atoms with E-state index in [1.807, 2.05) is 20.9 Å². The van der Waals surface area contributed by atoms with E-state index in [0.29, 0.717) is 11.4 Å². The Morgan fingerprint density at radius 2 is 1.96 bits per heavy atom. The molecular formula is C15H19N5O3S. The van der Waals surface area contributed by atoms with Crippen molar-refractivity contribution in [3.63, 3.8) is 0 Å². The fourth-order valence-electron chi connectivity index (χ4n) is 2.85. The van der Waals surface area contributed by atoms with E-state index in [1.54, 1.807) is 17.8 Å². The van der Waals surface area contributed by atoms with Crippen LogP contribution in [0.5, 0.6) is 0 Å². The molecule has 0 unspecified atom stereocenters. The summed E-state index contributed by atoms with van der Waals surface area (Å²) in [5.41, 5.74) is 3.73. The predicted octanol–water partition coefficient (Wildman–Crippen LogP) is 0.478. The second-order valence-corrected chi connectivity index (χ2v) is 7.88. The van der Waals surface area contributed by atoms with Crippen molar-refractivity contribution in [2.45, 2.75) is 19.9 Å². The first-order valence-electron chi connectivity index (χ1n) is 7.44. The summed E-state index contributed by atoms with van der Waals surface area (Å²) in [4.78, 5) is 12.4. The summed E-state index contributed by atoms with van der Waals surface area (Å²) in [6, 6.07) is 1.18. The zero-order valence-corrected chi connectivity index (χ0v) is 14.8. The lowest BCUT2D eigenvalue weighted by atomic mass is 10.1. The number of aromatic nitrogens is 4. The molecule has 0 fully saturated rings. The van der Waals surface area contributed by atoms with Crippen molar-refractivity contribution in [3.05, 3.63) is 34.6 Å². The van der Waals surface area contributed by atoms with Gasteiger partial charge in [-0.15, -0.1) is 0 Å². The van der Waals surface area contributed by atoms with Crippen molar-refractivity contribution in [2.75, 3.05) is 5.75 Å². The fraction of sp³-hybridized carbons (Fsp3) is 0.400. The lowest BCUT2D eigenvalue weighted by Gasteiger charge is -2.09. The van der Waals surface area contributed by atoms with Crippen LogP contribution >= 0.6 is 0 Å². The molecule has 1 aliphatic heterocycles. The second kappa shape index (κ2) is 5.59. The molecule has 0 aliphatic carbocycles. The highest BCUT2D eigenvalue weighted by molar-refractivity contribution is 7.94. The minimum absolute atomic E-state index is 0.107. The first-order chi connectivity index (χ1) is 11.2. The number of aryl methyl sites for hydroxylation is 3. The van der Waals surface area contributed by atoms with E-state index in [9.17, 15) is 13.2 Å². The van der Waals surface area contributed by atoms with Crippen LogP contribution in [-0.2, 0) is 23.9 Å². The van der Waals surface area contributed by atoms with Gasteiger partial charge in [-0.1, -0.05) is 0 Å². The van der Waals surface area contributed by atoms with Crippen molar-refractivity contribution < 1.29 is 13.2 Å². The number of amides is 1. The summed E-state index contributed by atoms with van der Waals surface area (Å²) in [5, 5.41) is 12.6. The van der Waals surface area contributed by atoms with Crippen LogP contribution in [0.1, 0.15) is 21.9 Å². The van der Waals surface area contributed by atoms with Gasteiger partial charge in [0.25, 0.3) is 5.91 Å². The van der Waals surface area contributed by atoms with Gasteiger partial charge in [-0.05, 0) is 26.0 Å². The number of hydrogen-bond acceptors (Lipinski definition) is 5. The molecule has 0 radical (unpaired) electrons. The Hall–Kier alpha value is -2.42. The van der Waals surface area contributed by atoms with Gasteiger partial charge in [-0.2, -0.15) is 10.2 Å². The predicted molar refractivity (Wildman–Crippen MR) is 89.1 cm³/mol. The molecule has 0 spiro atoms. The fourth-order valence-corrected chi connectivity index (χ4v) is 4.09. The molecular weight excluding hydrogens is 330 g/mol. The van der Waals surface area contributed by atoms with Crippen molar-refractivity contribution in [2.24, 2.45) is 14.1 Å². The molecule has 1 aliphatic rings. The normalized spacial score (nSPS) is 18.9. The van der Waals surface area contributed by atoms with Crippen molar-refractivity contribution in [3.8, 4) is 11.3 Å². The summed E-state index contributed by atoms with van der Waals surface area (Å²) in [5.74, 6) is -0.466. The molecule has 3 rings (SSSR count). The van der Waals surface area contributed by atoms with Crippen LogP contribution in [0.25, 0.3) is 11.3 Å². The summed E-state index contributed by atoms with van der Waals surface area (Å²) >= 11 is 0. The van der Waals surface area contributed by atoms with Crippen LogP contribution in [0.2, 0.25) is 0 Å². The van der Waals surface area contributed by atoms with Gasteiger partial charge in [-0.25, -0.2) is 8.42 Å². The third-order valence-corrected chi connectivity index (χ3v) is 5.52. The smallest absolute Gasteiger partial charge is 0.270 e. The maximum absolute atomic E-state index is 12.4. The Balaban J connectivity index is 1.87. The van der Waals surface area contributed by atoms with Gasteiger partial charge in [0.05, 0.1) is 23.2 Å². The molecule has 0 aromatic carbocycles. The van der Waals surface area contributed by atoms with Gasteiger partial charge >= 0.3 is 0 Å². The van der Waals surface area contributed by atoms with Gasteiger partial charge in [0, 0.05) is 30.8 Å². The molecule has 0 saturated heterocycles. The number of sulfone groups is 1. The molecule has 0 saturated carbocycles. The quantitative estimate of drug-likeness (QED) is 0.869. The van der Waals surface area contributed by atoms with Gasteiger partial charge in [0.2, 0.25) is 0 Å². The second-order valence-electron chi connectivity index (χ2n) is 5.95. The standard InChI is InChI=1S/C15H19N5O3S/c1-9-14(10(2)19(3)17-9)12-7-13(20(4)18-12)15(21)16-11-5-6-24(22,23)8-11/h5-7,11H,8H2,1-4H3,(H,16,21)/t11-/m0/s1. The first kappa shape index (κ1) is 16.4. The average molecular weight is 349 g/mol. The minimum Gasteiger partial charge on any atom is -0.343 e. The van der Waals surface area contributed by atoms with Crippen molar-refractivity contribution in [1.82, 2.24) is 24.9 Å². The van der Waals surface area contributed by atoms with E-state index in [4.69, 9.17) is 0 Å². The monoisotopic (exact) mass is 349 g/mol. The molecule has 128 valence electrons. The summed E-state index contributed by atoms with van der Waals surface area (Å²) in [6.45, 7) is 3.84. The van der Waals surface area contributed by atoms with Gasteiger partial charge < -0.3 is 5.32 Å². The average Bonchev–Trinajstić information content (AvgIpc) is 3.08. The number of rotatable bonds is 3. The van der Waals surface area contributed by atoms with Crippen LogP contribution in [0.3, 0.4) is 0 Å². The van der Waals surface area contributed by atoms with Gasteiger partial charge in [-0.3, -0.25) is 14.2 Å². The Labute approximate surface area is 140 Å². The number of carbonyl (C=O) groups excluding carboxylic acids is 1. The highest BCUT2D eigenvalue weighted by atomic mass is 32.2. The van der Waals surface area contributed by atoms with E-state index in [1.165, 1.54) is 10.8 Å². The molecule has 9 heteroatoms. The third-order valence-electron chi connectivity index (χ3n) is 4.12. The van der Waals surface area contributed by atoms with Crippen LogP contribution in [0, 0.1) is 13.8 Å². The van der Waals surface area contributed by atoms with E-state index in [2.05, 4.69) is 15.5 Å². The van der Waals surface area contributed by atoms with Crippen LogP contribution < -0.4 is 5.32 Å². The van der Waals surface area contributed by atoms with Crippen molar-refractivity contribution >= 4 is 15.7 Å². The maximum atomic E-state index is 12.4. The molecule has 3 heterocycles. The summed E-state index contributed by atoms with van der Waals surface area (Å²) < 4.78 is 26.1. The Bertz CT molecular complexity index is 952. The zero-order valence-electron chi connectivity index (χ0n) is 13.9.